The van der Waals surface area contributed by atoms with Crippen LogP contribution < -0.4 is 5.32 Å². The van der Waals surface area contributed by atoms with Crippen LogP contribution in [0.3, 0.4) is 0 Å². The Labute approximate surface area is 137 Å². The lowest BCUT2D eigenvalue weighted by molar-refractivity contribution is -0.117. The van der Waals surface area contributed by atoms with Crippen molar-refractivity contribution in [3.63, 3.8) is 0 Å². The molecule has 0 spiro atoms. The zero-order valence-corrected chi connectivity index (χ0v) is 14.2. The fourth-order valence-electron chi connectivity index (χ4n) is 3.73. The summed E-state index contributed by atoms with van der Waals surface area (Å²) in [5, 5.41) is 4.07. The van der Waals surface area contributed by atoms with Crippen LogP contribution in [0.4, 0.5) is 5.69 Å². The second-order valence-corrected chi connectivity index (χ2v) is 7.02. The van der Waals surface area contributed by atoms with E-state index in [2.05, 4.69) is 29.0 Å². The number of carbonyl (C=O) groups is 1. The highest BCUT2D eigenvalue weighted by molar-refractivity contribution is 6.01. The molecular formula is C19H25N3O. The fraction of sp³-hybridized carbons (Fsp3) is 0.474. The van der Waals surface area contributed by atoms with Gasteiger partial charge in [-0.05, 0) is 37.3 Å². The Morgan fingerprint density at radius 3 is 2.70 bits per heavy atom. The first-order valence-corrected chi connectivity index (χ1v) is 8.40. The zero-order chi connectivity index (χ0) is 16.4. The van der Waals surface area contributed by atoms with Crippen LogP contribution in [0.5, 0.6) is 0 Å². The molecule has 2 aromatic rings. The first-order valence-electron chi connectivity index (χ1n) is 8.40. The maximum atomic E-state index is 12.5. The molecule has 1 N–H and O–H groups in total. The number of anilines is 1. The standard InChI is InChI=1S/C19H25N3O/c1-13-8-14(2)11-22(10-13)12-19(23)21-18-9-15(3)20-17-7-5-4-6-16(17)18/h4-7,9,13-14H,8,10-12H2,1-3H3,(H,20,21,23). The molecule has 4 heteroatoms. The van der Waals surface area contributed by atoms with Gasteiger partial charge in [-0.25, -0.2) is 0 Å². The molecule has 2 heterocycles. The number of rotatable bonds is 3. The number of nitrogens with one attached hydrogen (secondary N) is 1. The number of hydrogen-bond donors (Lipinski definition) is 1. The third-order valence-electron chi connectivity index (χ3n) is 4.43. The van der Waals surface area contributed by atoms with Gasteiger partial charge in [-0.2, -0.15) is 0 Å². The number of carbonyl (C=O) groups excluding carboxylic acids is 1. The van der Waals surface area contributed by atoms with Crippen molar-refractivity contribution in [3.8, 4) is 0 Å². The highest BCUT2D eigenvalue weighted by Crippen LogP contribution is 2.24. The molecule has 0 aliphatic carbocycles. The lowest BCUT2D eigenvalue weighted by Gasteiger charge is -2.34. The van der Waals surface area contributed by atoms with E-state index in [9.17, 15) is 4.79 Å². The van der Waals surface area contributed by atoms with E-state index < -0.39 is 0 Å². The molecular weight excluding hydrogens is 286 g/mol. The molecule has 2 atom stereocenters. The van der Waals surface area contributed by atoms with E-state index in [1.54, 1.807) is 0 Å². The van der Waals surface area contributed by atoms with E-state index in [1.807, 2.05) is 37.3 Å². The molecule has 2 unspecified atom stereocenters. The van der Waals surface area contributed by atoms with E-state index in [4.69, 9.17) is 0 Å². The monoisotopic (exact) mass is 311 g/mol. The van der Waals surface area contributed by atoms with Crippen LogP contribution in [0.15, 0.2) is 30.3 Å². The molecule has 1 aromatic heterocycles. The summed E-state index contributed by atoms with van der Waals surface area (Å²) in [4.78, 5) is 19.3. The maximum Gasteiger partial charge on any atom is 0.238 e. The second-order valence-electron chi connectivity index (χ2n) is 7.02. The first kappa shape index (κ1) is 15.9. The molecule has 3 rings (SSSR count). The predicted octanol–water partition coefficient (Wildman–Crippen LogP) is 3.46. The molecule has 122 valence electrons. The summed E-state index contributed by atoms with van der Waals surface area (Å²) in [6, 6.07) is 9.87. The van der Waals surface area contributed by atoms with Gasteiger partial charge in [0.25, 0.3) is 0 Å². The molecule has 4 nitrogen and oxygen atoms in total. The van der Waals surface area contributed by atoms with Crippen molar-refractivity contribution in [2.24, 2.45) is 11.8 Å². The molecule has 1 fully saturated rings. The van der Waals surface area contributed by atoms with Crippen molar-refractivity contribution >= 4 is 22.5 Å². The number of likely N-dealkylation sites (tertiary alicyclic amines) is 1. The molecule has 1 amide bonds. The largest absolute Gasteiger partial charge is 0.324 e. The fourth-order valence-corrected chi connectivity index (χ4v) is 3.73. The molecule has 0 bridgehead atoms. The molecule has 23 heavy (non-hydrogen) atoms. The summed E-state index contributed by atoms with van der Waals surface area (Å²) in [7, 11) is 0. The number of pyridine rings is 1. The van der Waals surface area contributed by atoms with E-state index in [-0.39, 0.29) is 5.91 Å². The number of para-hydroxylation sites is 1. The number of nitrogens with zero attached hydrogens (tertiary/aromatic N) is 2. The van der Waals surface area contributed by atoms with Gasteiger partial charge >= 0.3 is 0 Å². The van der Waals surface area contributed by atoms with E-state index >= 15 is 0 Å². The van der Waals surface area contributed by atoms with E-state index in [0.29, 0.717) is 18.4 Å². The maximum absolute atomic E-state index is 12.5. The third-order valence-corrected chi connectivity index (χ3v) is 4.43. The number of amides is 1. The van der Waals surface area contributed by atoms with Crippen LogP contribution in [-0.2, 0) is 4.79 Å². The van der Waals surface area contributed by atoms with Gasteiger partial charge in [0.15, 0.2) is 0 Å². The van der Waals surface area contributed by atoms with E-state index in [0.717, 1.165) is 35.4 Å². The summed E-state index contributed by atoms with van der Waals surface area (Å²) in [5.41, 5.74) is 2.69. The van der Waals surface area contributed by atoms with Crippen molar-refractivity contribution in [2.45, 2.75) is 27.2 Å². The number of aryl methyl sites for hydroxylation is 1. The summed E-state index contributed by atoms with van der Waals surface area (Å²) >= 11 is 0. The first-order chi connectivity index (χ1) is 11.0. The van der Waals surface area contributed by atoms with Gasteiger partial charge in [-0.3, -0.25) is 14.7 Å². The molecule has 0 saturated carbocycles. The molecule has 1 aromatic carbocycles. The van der Waals surface area contributed by atoms with Crippen molar-refractivity contribution in [2.75, 3.05) is 25.0 Å². The van der Waals surface area contributed by atoms with Crippen molar-refractivity contribution in [1.82, 2.24) is 9.88 Å². The number of benzene rings is 1. The Morgan fingerprint density at radius 1 is 1.26 bits per heavy atom. The Morgan fingerprint density at radius 2 is 1.96 bits per heavy atom. The van der Waals surface area contributed by atoms with Crippen LogP contribution in [0.25, 0.3) is 10.9 Å². The highest BCUT2D eigenvalue weighted by atomic mass is 16.2. The van der Waals surface area contributed by atoms with Crippen molar-refractivity contribution in [3.05, 3.63) is 36.0 Å². The van der Waals surface area contributed by atoms with Gasteiger partial charge in [-0.1, -0.05) is 32.0 Å². The smallest absolute Gasteiger partial charge is 0.238 e. The lowest BCUT2D eigenvalue weighted by atomic mass is 9.92. The molecule has 1 aliphatic rings. The summed E-state index contributed by atoms with van der Waals surface area (Å²) in [6.45, 7) is 8.96. The van der Waals surface area contributed by atoms with Gasteiger partial charge < -0.3 is 5.32 Å². The Bertz CT molecular complexity index is 703. The quantitative estimate of drug-likeness (QED) is 0.944. The minimum absolute atomic E-state index is 0.0575. The molecule has 1 saturated heterocycles. The Kier molecular flexibility index (Phi) is 4.62. The van der Waals surface area contributed by atoms with Gasteiger partial charge in [-0.15, -0.1) is 0 Å². The lowest BCUT2D eigenvalue weighted by Crippen LogP contribution is -2.42. The van der Waals surface area contributed by atoms with Crippen molar-refractivity contribution < 1.29 is 4.79 Å². The minimum Gasteiger partial charge on any atom is -0.324 e. The van der Waals surface area contributed by atoms with Gasteiger partial charge in [0.2, 0.25) is 5.91 Å². The third kappa shape index (κ3) is 3.88. The van der Waals surface area contributed by atoms with Gasteiger partial charge in [0.1, 0.15) is 0 Å². The molecule has 0 radical (unpaired) electrons. The summed E-state index contributed by atoms with van der Waals surface area (Å²) < 4.78 is 0. The second kappa shape index (κ2) is 6.67. The van der Waals surface area contributed by atoms with Crippen LogP contribution in [-0.4, -0.2) is 35.4 Å². The van der Waals surface area contributed by atoms with Gasteiger partial charge in [0, 0.05) is 24.2 Å². The number of fused-ring (bicyclic) bond motifs is 1. The van der Waals surface area contributed by atoms with Crippen LogP contribution >= 0.6 is 0 Å². The summed E-state index contributed by atoms with van der Waals surface area (Å²) in [5.74, 6) is 1.38. The van der Waals surface area contributed by atoms with Crippen LogP contribution in [0.2, 0.25) is 0 Å². The Balaban J connectivity index is 1.73. The number of hydrogen-bond acceptors (Lipinski definition) is 3. The SMILES string of the molecule is Cc1cc(NC(=O)CN2CC(C)CC(C)C2)c2ccccc2n1. The average molecular weight is 311 g/mol. The molecule has 1 aliphatic heterocycles. The Hall–Kier alpha value is -1.94. The van der Waals surface area contributed by atoms with E-state index in [1.165, 1.54) is 6.42 Å². The zero-order valence-electron chi connectivity index (χ0n) is 14.2. The van der Waals surface area contributed by atoms with Crippen LogP contribution in [0, 0.1) is 18.8 Å². The van der Waals surface area contributed by atoms with Crippen LogP contribution in [0.1, 0.15) is 26.0 Å². The topological polar surface area (TPSA) is 45.2 Å². The highest BCUT2D eigenvalue weighted by Gasteiger charge is 2.23. The summed E-state index contributed by atoms with van der Waals surface area (Å²) in [6.07, 6.45) is 1.26. The minimum atomic E-state index is 0.0575. The number of piperidine rings is 1. The number of aromatic nitrogens is 1. The normalized spacial score (nSPS) is 22.2. The van der Waals surface area contributed by atoms with Crippen molar-refractivity contribution in [1.29, 1.82) is 0 Å². The van der Waals surface area contributed by atoms with Gasteiger partial charge in [0.05, 0.1) is 17.7 Å². The average Bonchev–Trinajstić information content (AvgIpc) is 2.45. The predicted molar refractivity (Wildman–Crippen MR) is 94.5 cm³/mol.